The highest BCUT2D eigenvalue weighted by atomic mass is 79.9. The van der Waals surface area contributed by atoms with E-state index in [0.29, 0.717) is 30.3 Å². The molecule has 0 aliphatic heterocycles. The number of carbonyl (C=O) groups is 1. The van der Waals surface area contributed by atoms with Crippen LogP contribution >= 0.6 is 15.9 Å². The fourth-order valence-corrected chi connectivity index (χ4v) is 4.22. The summed E-state index contributed by atoms with van der Waals surface area (Å²) in [6.45, 7) is 4.86. The van der Waals surface area contributed by atoms with E-state index in [4.69, 9.17) is 9.47 Å². The zero-order valence-corrected chi connectivity index (χ0v) is 20.3. The molecule has 4 heteroatoms. The van der Waals surface area contributed by atoms with Gasteiger partial charge in [-0.15, -0.1) is 0 Å². The first kappa shape index (κ1) is 22.8. The van der Waals surface area contributed by atoms with Crippen LogP contribution in [0.2, 0.25) is 0 Å². The first-order valence-corrected chi connectivity index (χ1v) is 11.7. The topological polar surface area (TPSA) is 35.5 Å². The lowest BCUT2D eigenvalue weighted by molar-refractivity contribution is 0.104. The summed E-state index contributed by atoms with van der Waals surface area (Å²) in [7, 11) is 0. The summed E-state index contributed by atoms with van der Waals surface area (Å²) in [5.41, 5.74) is 3.74. The summed E-state index contributed by atoms with van der Waals surface area (Å²) in [5, 5.41) is 2.35. The Morgan fingerprint density at radius 1 is 0.939 bits per heavy atom. The Balaban J connectivity index is 1.56. The Labute approximate surface area is 202 Å². The van der Waals surface area contributed by atoms with Crippen LogP contribution < -0.4 is 9.47 Å². The highest BCUT2D eigenvalue weighted by Crippen LogP contribution is 2.38. The minimum Gasteiger partial charge on any atom is -0.490 e. The molecule has 0 spiro atoms. The van der Waals surface area contributed by atoms with E-state index in [2.05, 4.69) is 40.2 Å². The second-order valence-corrected chi connectivity index (χ2v) is 8.61. The van der Waals surface area contributed by atoms with Gasteiger partial charge < -0.3 is 9.47 Å². The summed E-state index contributed by atoms with van der Waals surface area (Å²) >= 11 is 3.63. The van der Waals surface area contributed by atoms with E-state index in [1.54, 1.807) is 12.2 Å². The van der Waals surface area contributed by atoms with Crippen LogP contribution in [0.4, 0.5) is 0 Å². The number of rotatable bonds is 8. The Morgan fingerprint density at radius 3 is 2.48 bits per heavy atom. The number of carbonyl (C=O) groups excluding carboxylic acids is 1. The average molecular weight is 501 g/mol. The molecule has 33 heavy (non-hydrogen) atoms. The van der Waals surface area contributed by atoms with Crippen molar-refractivity contribution in [3.8, 4) is 11.5 Å². The molecule has 0 unspecified atom stereocenters. The molecule has 0 radical (unpaired) electrons. The van der Waals surface area contributed by atoms with E-state index >= 15 is 0 Å². The van der Waals surface area contributed by atoms with Gasteiger partial charge in [0.25, 0.3) is 0 Å². The molecule has 0 aliphatic rings. The van der Waals surface area contributed by atoms with Crippen LogP contribution in [0.25, 0.3) is 16.8 Å². The highest BCUT2D eigenvalue weighted by Gasteiger charge is 2.13. The maximum Gasteiger partial charge on any atom is 0.185 e. The minimum absolute atomic E-state index is 0.0413. The van der Waals surface area contributed by atoms with E-state index in [-0.39, 0.29) is 5.78 Å². The van der Waals surface area contributed by atoms with E-state index in [1.807, 2.05) is 68.4 Å². The summed E-state index contributed by atoms with van der Waals surface area (Å²) in [4.78, 5) is 12.5. The smallest absolute Gasteiger partial charge is 0.185 e. The van der Waals surface area contributed by atoms with Gasteiger partial charge in [-0.1, -0.05) is 78.4 Å². The van der Waals surface area contributed by atoms with E-state index < -0.39 is 0 Å². The van der Waals surface area contributed by atoms with E-state index in [9.17, 15) is 4.79 Å². The van der Waals surface area contributed by atoms with Crippen molar-refractivity contribution < 1.29 is 14.3 Å². The second-order valence-electron chi connectivity index (χ2n) is 7.75. The SMILES string of the molecule is CCOc1cc(/C=C/C(=O)c2ccc(C)cc2)cc(Br)c1OCc1cccc2ccccc12. The summed E-state index contributed by atoms with van der Waals surface area (Å²) in [6.07, 6.45) is 3.38. The molecule has 166 valence electrons. The summed E-state index contributed by atoms with van der Waals surface area (Å²) in [6, 6.07) is 25.9. The third-order valence-corrected chi connectivity index (χ3v) is 5.94. The Morgan fingerprint density at radius 2 is 1.70 bits per heavy atom. The van der Waals surface area contributed by atoms with Gasteiger partial charge in [0.05, 0.1) is 11.1 Å². The maximum atomic E-state index is 12.5. The molecular formula is C29H25BrO3. The molecule has 0 atom stereocenters. The van der Waals surface area contributed by atoms with Gasteiger partial charge in [0.15, 0.2) is 17.3 Å². The number of hydrogen-bond donors (Lipinski definition) is 0. The van der Waals surface area contributed by atoms with Gasteiger partial charge in [0.2, 0.25) is 0 Å². The highest BCUT2D eigenvalue weighted by molar-refractivity contribution is 9.10. The summed E-state index contributed by atoms with van der Waals surface area (Å²) < 4.78 is 12.9. The van der Waals surface area contributed by atoms with Crippen molar-refractivity contribution in [3.63, 3.8) is 0 Å². The standard InChI is InChI=1S/C29H25BrO3/c1-3-32-28-18-21(13-16-27(31)23-14-11-20(2)12-15-23)17-26(30)29(28)33-19-24-9-6-8-22-7-4-5-10-25(22)24/h4-18H,3,19H2,1-2H3/b16-13+. The molecule has 0 bridgehead atoms. The number of allylic oxidation sites excluding steroid dienone is 1. The lowest BCUT2D eigenvalue weighted by atomic mass is 10.1. The minimum atomic E-state index is -0.0413. The van der Waals surface area contributed by atoms with Gasteiger partial charge in [-0.3, -0.25) is 4.79 Å². The van der Waals surface area contributed by atoms with Gasteiger partial charge in [-0.2, -0.15) is 0 Å². The number of aryl methyl sites for hydroxylation is 1. The molecule has 0 N–H and O–H groups in total. The third-order valence-electron chi connectivity index (χ3n) is 5.35. The van der Waals surface area contributed by atoms with Crippen LogP contribution in [0.15, 0.2) is 89.4 Å². The van der Waals surface area contributed by atoms with Gasteiger partial charge in [-0.25, -0.2) is 0 Å². The van der Waals surface area contributed by atoms with Gasteiger partial charge >= 0.3 is 0 Å². The monoisotopic (exact) mass is 500 g/mol. The van der Waals surface area contributed by atoms with Crippen LogP contribution in [0.1, 0.15) is 34.0 Å². The van der Waals surface area contributed by atoms with E-state index in [1.165, 1.54) is 10.8 Å². The normalized spacial score (nSPS) is 11.1. The van der Waals surface area contributed by atoms with Crippen molar-refractivity contribution in [2.45, 2.75) is 20.5 Å². The molecule has 4 aromatic rings. The number of benzene rings is 4. The lowest BCUT2D eigenvalue weighted by Gasteiger charge is -2.15. The van der Waals surface area contributed by atoms with E-state index in [0.717, 1.165) is 21.2 Å². The predicted octanol–water partition coefficient (Wildman–Crippen LogP) is 7.78. The number of hydrogen-bond acceptors (Lipinski definition) is 3. The number of fused-ring (bicyclic) bond motifs is 1. The van der Waals surface area contributed by atoms with Crippen LogP contribution in [0, 0.1) is 6.92 Å². The first-order valence-electron chi connectivity index (χ1n) is 10.9. The molecule has 0 heterocycles. The molecule has 4 aromatic carbocycles. The zero-order chi connectivity index (χ0) is 23.2. The third kappa shape index (κ3) is 5.52. The van der Waals surface area contributed by atoms with Crippen molar-refractivity contribution in [2.24, 2.45) is 0 Å². The van der Waals surface area contributed by atoms with Gasteiger partial charge in [-0.05, 0) is 69.9 Å². The zero-order valence-electron chi connectivity index (χ0n) is 18.7. The largest absolute Gasteiger partial charge is 0.490 e. The first-order chi connectivity index (χ1) is 16.0. The molecule has 0 fully saturated rings. The van der Waals surface area contributed by atoms with Crippen LogP contribution in [0.3, 0.4) is 0 Å². The second kappa shape index (κ2) is 10.5. The fraction of sp³-hybridized carbons (Fsp3) is 0.138. The number of ether oxygens (including phenoxy) is 2. The molecular weight excluding hydrogens is 476 g/mol. The molecule has 4 rings (SSSR count). The Kier molecular flexibility index (Phi) is 7.26. The van der Waals surface area contributed by atoms with Crippen LogP contribution in [-0.4, -0.2) is 12.4 Å². The van der Waals surface area contributed by atoms with Crippen molar-refractivity contribution in [3.05, 3.63) is 112 Å². The van der Waals surface area contributed by atoms with Crippen molar-refractivity contribution in [2.75, 3.05) is 6.61 Å². The predicted molar refractivity (Wildman–Crippen MR) is 138 cm³/mol. The van der Waals surface area contributed by atoms with Crippen LogP contribution in [-0.2, 0) is 6.61 Å². The average Bonchev–Trinajstić information content (AvgIpc) is 2.82. The Hall–Kier alpha value is -3.37. The molecule has 3 nitrogen and oxygen atoms in total. The molecule has 0 aliphatic carbocycles. The number of halogens is 1. The number of ketones is 1. The van der Waals surface area contributed by atoms with Gasteiger partial charge in [0, 0.05) is 5.56 Å². The Bertz CT molecular complexity index is 1300. The van der Waals surface area contributed by atoms with Crippen molar-refractivity contribution in [1.82, 2.24) is 0 Å². The van der Waals surface area contributed by atoms with Gasteiger partial charge in [0.1, 0.15) is 6.61 Å². The quantitative estimate of drug-likeness (QED) is 0.183. The van der Waals surface area contributed by atoms with Crippen LogP contribution in [0.5, 0.6) is 11.5 Å². The maximum absolute atomic E-state index is 12.5. The van der Waals surface area contributed by atoms with Crippen molar-refractivity contribution in [1.29, 1.82) is 0 Å². The molecule has 0 saturated heterocycles. The molecule has 0 aromatic heterocycles. The fourth-order valence-electron chi connectivity index (χ4n) is 3.64. The van der Waals surface area contributed by atoms with Crippen molar-refractivity contribution >= 4 is 38.6 Å². The lowest BCUT2D eigenvalue weighted by Crippen LogP contribution is -2.01. The molecule has 0 amide bonds. The molecule has 0 saturated carbocycles. The summed E-state index contributed by atoms with van der Waals surface area (Å²) in [5.74, 6) is 1.24.